The van der Waals surface area contributed by atoms with Gasteiger partial charge in [0.2, 0.25) is 0 Å². The van der Waals surface area contributed by atoms with E-state index in [4.69, 9.17) is 0 Å². The van der Waals surface area contributed by atoms with E-state index in [0.29, 0.717) is 0 Å². The summed E-state index contributed by atoms with van der Waals surface area (Å²) in [5, 5.41) is 1.06. The molecule has 0 radical (unpaired) electrons. The summed E-state index contributed by atoms with van der Waals surface area (Å²) < 4.78 is 2.04. The highest BCUT2D eigenvalue weighted by atomic mass is 79.9. The predicted molar refractivity (Wildman–Crippen MR) is 67.7 cm³/mol. The zero-order chi connectivity index (χ0) is 10.1. The Kier molecular flexibility index (Phi) is 3.04. The Morgan fingerprint density at radius 3 is 2.29 bits per heavy atom. The van der Waals surface area contributed by atoms with Gasteiger partial charge in [-0.15, -0.1) is 11.3 Å². The molecule has 0 amide bonds. The number of nitrogens with zero attached hydrogens (tertiary/aromatic N) is 1. The van der Waals surface area contributed by atoms with Crippen LogP contribution in [0.1, 0.15) is 4.88 Å². The summed E-state index contributed by atoms with van der Waals surface area (Å²) in [5.74, 6) is 0. The topological polar surface area (TPSA) is 12.9 Å². The standard InChI is InChI=1S/C10H7Br2NS/c1-6-9(12)13-10(14-6)7-2-4-8(11)5-3-7/h2-5H,1H3. The van der Waals surface area contributed by atoms with Gasteiger partial charge in [0.1, 0.15) is 9.61 Å². The van der Waals surface area contributed by atoms with Crippen LogP contribution in [0.4, 0.5) is 0 Å². The monoisotopic (exact) mass is 331 g/mol. The van der Waals surface area contributed by atoms with E-state index in [1.54, 1.807) is 11.3 Å². The number of hydrogen-bond acceptors (Lipinski definition) is 2. The highest BCUT2D eigenvalue weighted by Gasteiger charge is 2.06. The van der Waals surface area contributed by atoms with Crippen LogP contribution >= 0.6 is 43.2 Å². The molecule has 1 heterocycles. The number of halogens is 2. The minimum absolute atomic E-state index is 0.945. The summed E-state index contributed by atoms with van der Waals surface area (Å²) in [4.78, 5) is 5.64. The quantitative estimate of drug-likeness (QED) is 0.741. The Labute approximate surface area is 103 Å². The van der Waals surface area contributed by atoms with Crippen LogP contribution in [0.15, 0.2) is 33.3 Å². The van der Waals surface area contributed by atoms with Crippen molar-refractivity contribution in [3.63, 3.8) is 0 Å². The molecule has 1 aromatic carbocycles. The maximum atomic E-state index is 4.43. The molecular weight excluding hydrogens is 326 g/mol. The van der Waals surface area contributed by atoms with Gasteiger partial charge in [-0.3, -0.25) is 0 Å². The third-order valence-electron chi connectivity index (χ3n) is 1.83. The van der Waals surface area contributed by atoms with Crippen LogP contribution in [0.2, 0.25) is 0 Å². The maximum Gasteiger partial charge on any atom is 0.124 e. The fourth-order valence-corrected chi connectivity index (χ4v) is 2.71. The second-order valence-electron chi connectivity index (χ2n) is 2.87. The molecule has 0 saturated heterocycles. The summed E-state index contributed by atoms with van der Waals surface area (Å²) in [6.07, 6.45) is 0. The minimum Gasteiger partial charge on any atom is -0.229 e. The van der Waals surface area contributed by atoms with Gasteiger partial charge in [0.05, 0.1) is 0 Å². The first-order valence-electron chi connectivity index (χ1n) is 4.05. The van der Waals surface area contributed by atoms with Crippen molar-refractivity contribution in [2.75, 3.05) is 0 Å². The van der Waals surface area contributed by atoms with Crippen LogP contribution < -0.4 is 0 Å². The van der Waals surface area contributed by atoms with E-state index in [0.717, 1.165) is 19.6 Å². The molecule has 0 fully saturated rings. The number of hydrogen-bond donors (Lipinski definition) is 0. The highest BCUT2D eigenvalue weighted by Crippen LogP contribution is 2.30. The van der Waals surface area contributed by atoms with Gasteiger partial charge in [-0.1, -0.05) is 28.1 Å². The first kappa shape index (κ1) is 10.3. The Hall–Kier alpha value is -0.190. The Balaban J connectivity index is 2.44. The van der Waals surface area contributed by atoms with Gasteiger partial charge < -0.3 is 0 Å². The predicted octanol–water partition coefficient (Wildman–Crippen LogP) is 4.64. The molecule has 14 heavy (non-hydrogen) atoms. The van der Waals surface area contributed by atoms with Crippen molar-refractivity contribution in [3.8, 4) is 10.6 Å². The average Bonchev–Trinajstić information content (AvgIpc) is 2.48. The molecule has 0 spiro atoms. The molecule has 1 aromatic heterocycles. The molecule has 0 unspecified atom stereocenters. The Morgan fingerprint density at radius 1 is 1.14 bits per heavy atom. The SMILES string of the molecule is Cc1sc(-c2ccc(Br)cc2)nc1Br. The van der Waals surface area contributed by atoms with E-state index in [1.807, 2.05) is 12.1 Å². The van der Waals surface area contributed by atoms with Crippen molar-refractivity contribution < 1.29 is 0 Å². The summed E-state index contributed by atoms with van der Waals surface area (Å²) in [6, 6.07) is 8.18. The number of aromatic nitrogens is 1. The van der Waals surface area contributed by atoms with Gasteiger partial charge in [0, 0.05) is 14.9 Å². The first-order chi connectivity index (χ1) is 6.66. The molecule has 0 saturated carbocycles. The van der Waals surface area contributed by atoms with Crippen molar-refractivity contribution in [2.24, 2.45) is 0 Å². The molecule has 0 aliphatic carbocycles. The van der Waals surface area contributed by atoms with Crippen LogP contribution in [-0.2, 0) is 0 Å². The third-order valence-corrected chi connectivity index (χ3v) is 4.41. The van der Waals surface area contributed by atoms with E-state index in [9.17, 15) is 0 Å². The van der Waals surface area contributed by atoms with Crippen molar-refractivity contribution >= 4 is 43.2 Å². The third kappa shape index (κ3) is 2.07. The number of rotatable bonds is 1. The lowest BCUT2D eigenvalue weighted by atomic mass is 10.2. The van der Waals surface area contributed by atoms with E-state index < -0.39 is 0 Å². The van der Waals surface area contributed by atoms with E-state index in [-0.39, 0.29) is 0 Å². The molecule has 2 aromatic rings. The van der Waals surface area contributed by atoms with E-state index in [1.165, 1.54) is 4.88 Å². The van der Waals surface area contributed by atoms with Gasteiger partial charge >= 0.3 is 0 Å². The van der Waals surface area contributed by atoms with Gasteiger partial charge in [-0.2, -0.15) is 0 Å². The normalized spacial score (nSPS) is 10.5. The van der Waals surface area contributed by atoms with Gasteiger partial charge in [-0.05, 0) is 35.0 Å². The molecule has 72 valence electrons. The van der Waals surface area contributed by atoms with Crippen molar-refractivity contribution in [3.05, 3.63) is 38.2 Å². The number of benzene rings is 1. The second-order valence-corrected chi connectivity index (χ2v) is 5.74. The summed E-state index contributed by atoms with van der Waals surface area (Å²) in [5.41, 5.74) is 1.16. The Morgan fingerprint density at radius 2 is 1.79 bits per heavy atom. The molecule has 2 rings (SSSR count). The summed E-state index contributed by atoms with van der Waals surface area (Å²) in [6.45, 7) is 2.06. The van der Waals surface area contributed by atoms with Gasteiger partial charge in [-0.25, -0.2) is 4.98 Å². The van der Waals surface area contributed by atoms with Crippen LogP contribution in [-0.4, -0.2) is 4.98 Å². The molecular formula is C10H7Br2NS. The highest BCUT2D eigenvalue weighted by molar-refractivity contribution is 9.10. The van der Waals surface area contributed by atoms with Crippen molar-refractivity contribution in [1.29, 1.82) is 0 Å². The molecule has 0 aliphatic heterocycles. The first-order valence-corrected chi connectivity index (χ1v) is 6.46. The minimum atomic E-state index is 0.945. The fraction of sp³-hybridized carbons (Fsp3) is 0.100. The van der Waals surface area contributed by atoms with Gasteiger partial charge in [0.15, 0.2) is 0 Å². The average molecular weight is 333 g/mol. The lowest BCUT2D eigenvalue weighted by Crippen LogP contribution is -1.74. The van der Waals surface area contributed by atoms with E-state index in [2.05, 4.69) is 55.9 Å². The van der Waals surface area contributed by atoms with Gasteiger partial charge in [0.25, 0.3) is 0 Å². The molecule has 0 bridgehead atoms. The molecule has 0 N–H and O–H groups in total. The van der Waals surface area contributed by atoms with Crippen LogP contribution in [0.5, 0.6) is 0 Å². The van der Waals surface area contributed by atoms with Crippen LogP contribution in [0, 0.1) is 6.92 Å². The summed E-state index contributed by atoms with van der Waals surface area (Å²) in [7, 11) is 0. The molecule has 0 atom stereocenters. The van der Waals surface area contributed by atoms with E-state index >= 15 is 0 Å². The second kappa shape index (κ2) is 4.13. The number of aryl methyl sites for hydroxylation is 1. The summed E-state index contributed by atoms with van der Waals surface area (Å²) >= 11 is 8.53. The number of thiazole rings is 1. The molecule has 1 nitrogen and oxygen atoms in total. The molecule has 4 heteroatoms. The van der Waals surface area contributed by atoms with Crippen LogP contribution in [0.3, 0.4) is 0 Å². The molecule has 0 aliphatic rings. The zero-order valence-electron chi connectivity index (χ0n) is 7.42. The fourth-order valence-electron chi connectivity index (χ4n) is 1.09. The Bertz CT molecular complexity index is 428. The van der Waals surface area contributed by atoms with Crippen LogP contribution in [0.25, 0.3) is 10.6 Å². The maximum absolute atomic E-state index is 4.43. The lowest BCUT2D eigenvalue weighted by Gasteiger charge is -1.94. The largest absolute Gasteiger partial charge is 0.229 e. The van der Waals surface area contributed by atoms with Crippen molar-refractivity contribution in [1.82, 2.24) is 4.98 Å². The van der Waals surface area contributed by atoms with Crippen molar-refractivity contribution in [2.45, 2.75) is 6.92 Å². The smallest absolute Gasteiger partial charge is 0.124 e. The lowest BCUT2D eigenvalue weighted by molar-refractivity contribution is 1.32. The zero-order valence-corrected chi connectivity index (χ0v) is 11.4.